The first-order valence-electron chi connectivity index (χ1n) is 5.68. The van der Waals surface area contributed by atoms with E-state index in [0.29, 0.717) is 38.7 Å². The summed E-state index contributed by atoms with van der Waals surface area (Å²) in [6, 6.07) is -0.418. The minimum atomic E-state index is -0.418. The Morgan fingerprint density at radius 1 is 1.31 bits per heavy atom. The van der Waals surface area contributed by atoms with Crippen molar-refractivity contribution in [1.82, 2.24) is 5.32 Å². The highest BCUT2D eigenvalue weighted by Crippen LogP contribution is 2.02. The molecule has 96 valence electrons. The van der Waals surface area contributed by atoms with E-state index >= 15 is 0 Å². The molecule has 3 N–H and O–H groups in total. The van der Waals surface area contributed by atoms with E-state index in [9.17, 15) is 4.79 Å². The van der Waals surface area contributed by atoms with Gasteiger partial charge in [-0.15, -0.1) is 0 Å². The fraction of sp³-hybridized carbons (Fsp3) is 0.909. The van der Waals surface area contributed by atoms with Crippen LogP contribution in [0.1, 0.15) is 20.3 Å². The van der Waals surface area contributed by atoms with Crippen molar-refractivity contribution in [2.24, 2.45) is 11.7 Å². The first kappa shape index (κ1) is 15.3. The second-order valence-electron chi connectivity index (χ2n) is 4.13. The van der Waals surface area contributed by atoms with Crippen LogP contribution in [0.4, 0.5) is 0 Å². The van der Waals surface area contributed by atoms with E-state index in [1.165, 1.54) is 0 Å². The lowest BCUT2D eigenvalue weighted by Gasteiger charge is -2.14. The summed E-state index contributed by atoms with van der Waals surface area (Å²) in [5, 5.41) is 2.73. The molecule has 0 aliphatic heterocycles. The van der Waals surface area contributed by atoms with Crippen molar-refractivity contribution in [1.29, 1.82) is 0 Å². The Hall–Kier alpha value is -0.650. The van der Waals surface area contributed by atoms with Crippen LogP contribution in [-0.4, -0.2) is 45.4 Å². The molecule has 0 rings (SSSR count). The van der Waals surface area contributed by atoms with E-state index in [1.807, 2.05) is 13.8 Å². The summed E-state index contributed by atoms with van der Waals surface area (Å²) in [5.41, 5.74) is 5.71. The first-order valence-corrected chi connectivity index (χ1v) is 5.68. The summed E-state index contributed by atoms with van der Waals surface area (Å²) in [4.78, 5) is 11.5. The van der Waals surface area contributed by atoms with Gasteiger partial charge in [-0.05, 0) is 12.3 Å². The number of carbonyl (C=O) groups is 1. The lowest BCUT2D eigenvalue weighted by molar-refractivity contribution is -0.122. The maximum absolute atomic E-state index is 11.5. The topological polar surface area (TPSA) is 73.6 Å². The van der Waals surface area contributed by atoms with Crippen molar-refractivity contribution in [2.45, 2.75) is 26.3 Å². The standard InChI is InChI=1S/C11H24N2O3/c1-9(2)8-10(12)11(14)13-4-5-16-7-6-15-3/h9-10H,4-8,12H2,1-3H3,(H,13,14)/t10-/m1/s1. The Bertz CT molecular complexity index is 186. The molecule has 0 saturated carbocycles. The van der Waals surface area contributed by atoms with Crippen LogP contribution in [0.2, 0.25) is 0 Å². The van der Waals surface area contributed by atoms with Gasteiger partial charge in [-0.2, -0.15) is 0 Å². The van der Waals surface area contributed by atoms with Gasteiger partial charge < -0.3 is 20.5 Å². The van der Waals surface area contributed by atoms with Crippen molar-refractivity contribution in [3.05, 3.63) is 0 Å². The molecule has 0 aliphatic carbocycles. The van der Waals surface area contributed by atoms with Gasteiger partial charge in [0.15, 0.2) is 0 Å². The third-order valence-corrected chi connectivity index (χ3v) is 2.04. The van der Waals surface area contributed by atoms with E-state index in [1.54, 1.807) is 7.11 Å². The van der Waals surface area contributed by atoms with Crippen LogP contribution in [0.15, 0.2) is 0 Å². The number of ether oxygens (including phenoxy) is 2. The highest BCUT2D eigenvalue weighted by atomic mass is 16.5. The summed E-state index contributed by atoms with van der Waals surface area (Å²) in [6.07, 6.45) is 0.705. The number of amides is 1. The molecule has 0 radical (unpaired) electrons. The fourth-order valence-electron chi connectivity index (χ4n) is 1.24. The number of carbonyl (C=O) groups excluding carboxylic acids is 1. The zero-order valence-corrected chi connectivity index (χ0v) is 10.5. The van der Waals surface area contributed by atoms with E-state index in [2.05, 4.69) is 5.32 Å². The van der Waals surface area contributed by atoms with Gasteiger partial charge in [0.25, 0.3) is 0 Å². The van der Waals surface area contributed by atoms with Crippen LogP contribution >= 0.6 is 0 Å². The van der Waals surface area contributed by atoms with Gasteiger partial charge in [-0.3, -0.25) is 4.79 Å². The van der Waals surface area contributed by atoms with E-state index in [4.69, 9.17) is 15.2 Å². The van der Waals surface area contributed by atoms with Gasteiger partial charge in [-0.25, -0.2) is 0 Å². The molecule has 0 heterocycles. The molecule has 0 bridgehead atoms. The Balaban J connectivity index is 3.42. The largest absolute Gasteiger partial charge is 0.382 e. The van der Waals surface area contributed by atoms with Crippen LogP contribution in [0, 0.1) is 5.92 Å². The van der Waals surface area contributed by atoms with Gasteiger partial charge in [-0.1, -0.05) is 13.8 Å². The third-order valence-electron chi connectivity index (χ3n) is 2.04. The molecular weight excluding hydrogens is 208 g/mol. The molecule has 0 unspecified atom stereocenters. The molecule has 0 aromatic rings. The predicted octanol–water partition coefficient (Wildman–Crippen LogP) is 0.139. The number of rotatable bonds is 9. The summed E-state index contributed by atoms with van der Waals surface area (Å²) in [5.74, 6) is 0.322. The normalized spacial score (nSPS) is 12.8. The lowest BCUT2D eigenvalue weighted by atomic mass is 10.0. The molecule has 16 heavy (non-hydrogen) atoms. The van der Waals surface area contributed by atoms with Crippen molar-refractivity contribution >= 4 is 5.91 Å². The van der Waals surface area contributed by atoms with Crippen LogP contribution in [0.25, 0.3) is 0 Å². The average molecular weight is 232 g/mol. The number of nitrogens with one attached hydrogen (secondary N) is 1. The molecule has 0 fully saturated rings. The SMILES string of the molecule is COCCOCCNC(=O)[C@H](N)CC(C)C. The van der Waals surface area contributed by atoms with Gasteiger partial charge in [0.2, 0.25) is 5.91 Å². The third kappa shape index (κ3) is 8.64. The van der Waals surface area contributed by atoms with Crippen molar-refractivity contribution in [3.63, 3.8) is 0 Å². The Morgan fingerprint density at radius 3 is 2.56 bits per heavy atom. The zero-order chi connectivity index (χ0) is 12.4. The lowest BCUT2D eigenvalue weighted by Crippen LogP contribution is -2.42. The zero-order valence-electron chi connectivity index (χ0n) is 10.5. The summed E-state index contributed by atoms with van der Waals surface area (Å²) < 4.78 is 10.0. The molecule has 0 aromatic carbocycles. The van der Waals surface area contributed by atoms with Gasteiger partial charge >= 0.3 is 0 Å². The number of hydrogen-bond acceptors (Lipinski definition) is 4. The molecule has 5 nitrogen and oxygen atoms in total. The highest BCUT2D eigenvalue weighted by molar-refractivity contribution is 5.81. The van der Waals surface area contributed by atoms with Gasteiger partial charge in [0.1, 0.15) is 0 Å². The van der Waals surface area contributed by atoms with E-state index < -0.39 is 6.04 Å². The molecular formula is C11H24N2O3. The van der Waals surface area contributed by atoms with Gasteiger partial charge in [0, 0.05) is 13.7 Å². The maximum atomic E-state index is 11.5. The van der Waals surface area contributed by atoms with Crippen LogP contribution in [-0.2, 0) is 14.3 Å². The summed E-state index contributed by atoms with van der Waals surface area (Å²) in [6.45, 7) is 6.19. The molecule has 0 spiro atoms. The molecule has 1 atom stereocenters. The number of methoxy groups -OCH3 is 1. The summed E-state index contributed by atoms with van der Waals surface area (Å²) in [7, 11) is 1.62. The predicted molar refractivity (Wildman–Crippen MR) is 63.1 cm³/mol. The van der Waals surface area contributed by atoms with E-state index in [0.717, 1.165) is 0 Å². The molecule has 1 amide bonds. The van der Waals surface area contributed by atoms with Crippen molar-refractivity contribution < 1.29 is 14.3 Å². The highest BCUT2D eigenvalue weighted by Gasteiger charge is 2.13. The van der Waals surface area contributed by atoms with Crippen LogP contribution in [0.3, 0.4) is 0 Å². The summed E-state index contributed by atoms with van der Waals surface area (Å²) >= 11 is 0. The smallest absolute Gasteiger partial charge is 0.237 e. The molecule has 0 aromatic heterocycles. The van der Waals surface area contributed by atoms with Crippen molar-refractivity contribution in [3.8, 4) is 0 Å². The van der Waals surface area contributed by atoms with Crippen LogP contribution in [0.5, 0.6) is 0 Å². The Kier molecular flexibility index (Phi) is 9.18. The molecule has 0 saturated heterocycles. The number of hydrogen-bond donors (Lipinski definition) is 2. The van der Waals surface area contributed by atoms with Gasteiger partial charge in [0.05, 0.1) is 25.9 Å². The number of nitrogens with two attached hydrogens (primary N) is 1. The monoisotopic (exact) mass is 232 g/mol. The Labute approximate surface area is 97.7 Å². The molecule has 5 heteroatoms. The first-order chi connectivity index (χ1) is 7.57. The second kappa shape index (κ2) is 9.57. The molecule has 0 aliphatic rings. The van der Waals surface area contributed by atoms with Crippen LogP contribution < -0.4 is 11.1 Å². The fourth-order valence-corrected chi connectivity index (χ4v) is 1.24. The quantitative estimate of drug-likeness (QED) is 0.555. The minimum Gasteiger partial charge on any atom is -0.382 e. The minimum absolute atomic E-state index is 0.107. The van der Waals surface area contributed by atoms with Crippen molar-refractivity contribution in [2.75, 3.05) is 33.5 Å². The maximum Gasteiger partial charge on any atom is 0.237 e. The average Bonchev–Trinajstić information content (AvgIpc) is 2.21. The van der Waals surface area contributed by atoms with E-state index in [-0.39, 0.29) is 5.91 Å². The second-order valence-corrected chi connectivity index (χ2v) is 4.13. The Morgan fingerprint density at radius 2 is 2.00 bits per heavy atom.